The molecule has 2 amide bonds. The molecule has 2 N–H and O–H groups in total. The maximum Gasteiger partial charge on any atom is 0.253 e. The van der Waals surface area contributed by atoms with Crippen LogP contribution in [-0.4, -0.2) is 68.2 Å². The van der Waals surface area contributed by atoms with E-state index < -0.39 is 0 Å². The van der Waals surface area contributed by atoms with Crippen LogP contribution in [0.15, 0.2) is 54.6 Å². The van der Waals surface area contributed by atoms with Crippen molar-refractivity contribution in [3.05, 3.63) is 70.7 Å². The lowest BCUT2D eigenvalue weighted by Crippen LogP contribution is -2.44. The zero-order valence-electron chi connectivity index (χ0n) is 19.8. The predicted octanol–water partition coefficient (Wildman–Crippen LogP) is 4.34. The maximum atomic E-state index is 13.5. The van der Waals surface area contributed by atoms with Gasteiger partial charge in [0.1, 0.15) is 11.0 Å². The first-order chi connectivity index (χ1) is 18.0. The van der Waals surface area contributed by atoms with Gasteiger partial charge in [0.15, 0.2) is 0 Å². The highest BCUT2D eigenvalue weighted by Gasteiger charge is 2.59. The van der Waals surface area contributed by atoms with Gasteiger partial charge < -0.3 is 14.8 Å². The molecule has 5 aromatic rings. The predicted molar refractivity (Wildman–Crippen MR) is 140 cm³/mol. The number of H-pyrrole nitrogens is 2. The molecule has 1 aliphatic carbocycles. The molecule has 3 aliphatic rings. The van der Waals surface area contributed by atoms with Crippen LogP contribution in [0.25, 0.3) is 32.8 Å². The zero-order chi connectivity index (χ0) is 24.8. The van der Waals surface area contributed by atoms with E-state index in [4.69, 9.17) is 11.6 Å². The Bertz CT molecular complexity index is 1740. The number of fused-ring (bicyclic) bond motifs is 8. The monoisotopic (exact) mass is 510 g/mol. The van der Waals surface area contributed by atoms with Gasteiger partial charge >= 0.3 is 0 Å². The molecule has 8 nitrogen and oxygen atoms in total. The van der Waals surface area contributed by atoms with Crippen LogP contribution in [0.2, 0.25) is 5.02 Å². The number of benzene rings is 3. The summed E-state index contributed by atoms with van der Waals surface area (Å²) in [7, 11) is 0. The quantitative estimate of drug-likeness (QED) is 0.369. The second-order valence-electron chi connectivity index (χ2n) is 10.7. The Morgan fingerprint density at radius 3 is 2.03 bits per heavy atom. The number of halogens is 1. The number of hydrogen-bond acceptors (Lipinski definition) is 4. The molecule has 4 atom stereocenters. The number of aromatic amines is 2. The third kappa shape index (κ3) is 3.08. The summed E-state index contributed by atoms with van der Waals surface area (Å²) in [6, 6.07) is 17.1. The fourth-order valence-corrected chi connectivity index (χ4v) is 7.23. The number of hydrogen-bond donors (Lipinski definition) is 2. The van der Waals surface area contributed by atoms with Crippen molar-refractivity contribution in [2.45, 2.75) is 0 Å². The number of rotatable bonds is 2. The average Bonchev–Trinajstić information content (AvgIpc) is 3.68. The Hall–Kier alpha value is -3.91. The molecular formula is C28H23ClN6O2. The van der Waals surface area contributed by atoms with E-state index in [1.807, 2.05) is 58.3 Å². The normalized spacial score (nSPS) is 24.6. The number of carbonyl (C=O) groups is 2. The highest BCUT2D eigenvalue weighted by atomic mass is 35.5. The van der Waals surface area contributed by atoms with Gasteiger partial charge in [-0.3, -0.25) is 9.59 Å². The van der Waals surface area contributed by atoms with Crippen LogP contribution in [0.1, 0.15) is 20.7 Å². The van der Waals surface area contributed by atoms with Crippen molar-refractivity contribution in [1.82, 2.24) is 30.2 Å². The first-order valence-electron chi connectivity index (χ1n) is 12.6. The molecule has 8 rings (SSSR count). The van der Waals surface area contributed by atoms with E-state index in [0.29, 0.717) is 45.3 Å². The van der Waals surface area contributed by atoms with Gasteiger partial charge in [0.2, 0.25) is 0 Å². The van der Waals surface area contributed by atoms with Gasteiger partial charge in [0.05, 0.1) is 0 Å². The minimum atomic E-state index is 0.0539. The molecule has 1 saturated carbocycles. The van der Waals surface area contributed by atoms with Gasteiger partial charge in [0.25, 0.3) is 11.8 Å². The lowest BCUT2D eigenvalue weighted by Gasteiger charge is -2.42. The highest BCUT2D eigenvalue weighted by Crippen LogP contribution is 2.54. The van der Waals surface area contributed by atoms with Crippen LogP contribution in [0, 0.1) is 23.7 Å². The van der Waals surface area contributed by atoms with Crippen molar-refractivity contribution < 1.29 is 9.59 Å². The number of nitrogens with one attached hydrogen (secondary N) is 2. The molecule has 2 aliphatic heterocycles. The van der Waals surface area contributed by atoms with Crippen molar-refractivity contribution in [1.29, 1.82) is 0 Å². The molecule has 37 heavy (non-hydrogen) atoms. The van der Waals surface area contributed by atoms with Crippen molar-refractivity contribution >= 4 is 56.3 Å². The van der Waals surface area contributed by atoms with E-state index in [-0.39, 0.29) is 11.8 Å². The van der Waals surface area contributed by atoms with Crippen LogP contribution in [0.3, 0.4) is 0 Å². The van der Waals surface area contributed by atoms with Crippen molar-refractivity contribution in [3.63, 3.8) is 0 Å². The fraction of sp³-hybridized carbons (Fsp3) is 0.286. The molecule has 2 saturated heterocycles. The van der Waals surface area contributed by atoms with Crippen LogP contribution < -0.4 is 0 Å². The Kier molecular flexibility index (Phi) is 4.33. The second kappa shape index (κ2) is 7.55. The highest BCUT2D eigenvalue weighted by molar-refractivity contribution is 6.31. The number of carbonyl (C=O) groups excluding carboxylic acids is 2. The lowest BCUT2D eigenvalue weighted by molar-refractivity contribution is 0.0629. The molecule has 184 valence electrons. The Morgan fingerprint density at radius 2 is 1.32 bits per heavy atom. The van der Waals surface area contributed by atoms with Crippen molar-refractivity contribution in [2.24, 2.45) is 23.7 Å². The molecule has 0 radical (unpaired) electrons. The van der Waals surface area contributed by atoms with Crippen molar-refractivity contribution in [2.75, 3.05) is 26.2 Å². The summed E-state index contributed by atoms with van der Waals surface area (Å²) < 4.78 is 0. The third-order valence-corrected chi connectivity index (χ3v) is 9.11. The minimum Gasteiger partial charge on any atom is -0.354 e. The number of amides is 2. The van der Waals surface area contributed by atoms with Crippen LogP contribution in [0.5, 0.6) is 0 Å². The smallest absolute Gasteiger partial charge is 0.253 e. The molecular weight excluding hydrogens is 488 g/mol. The van der Waals surface area contributed by atoms with Gasteiger partial charge in [-0.15, -0.1) is 0 Å². The average molecular weight is 511 g/mol. The summed E-state index contributed by atoms with van der Waals surface area (Å²) in [6.07, 6.45) is 0. The molecule has 0 bridgehead atoms. The number of aromatic nitrogens is 4. The zero-order valence-corrected chi connectivity index (χ0v) is 20.6. The fourth-order valence-electron chi connectivity index (χ4n) is 7.05. The Labute approximate surface area is 216 Å². The third-order valence-electron chi connectivity index (χ3n) is 8.87. The lowest BCUT2D eigenvalue weighted by atomic mass is 9.60. The van der Waals surface area contributed by atoms with Gasteiger partial charge in [-0.05, 0) is 72.2 Å². The maximum absolute atomic E-state index is 13.5. The van der Waals surface area contributed by atoms with Crippen LogP contribution in [-0.2, 0) is 0 Å². The van der Waals surface area contributed by atoms with Gasteiger partial charge in [0, 0.05) is 64.1 Å². The van der Waals surface area contributed by atoms with Gasteiger partial charge in [-0.1, -0.05) is 17.7 Å². The number of nitrogens with zero attached hydrogens (tertiary/aromatic N) is 4. The van der Waals surface area contributed by atoms with E-state index in [0.717, 1.165) is 53.5 Å². The van der Waals surface area contributed by atoms with Crippen LogP contribution in [0.4, 0.5) is 0 Å². The summed E-state index contributed by atoms with van der Waals surface area (Å²) in [4.78, 5) is 34.1. The summed E-state index contributed by atoms with van der Waals surface area (Å²) in [5.74, 6) is 1.98. The van der Waals surface area contributed by atoms with Crippen LogP contribution >= 0.6 is 11.6 Å². The summed E-state index contributed by atoms with van der Waals surface area (Å²) >= 11 is 6.19. The molecule has 3 fully saturated rings. The first kappa shape index (κ1) is 21.2. The molecule has 2 unspecified atom stereocenters. The van der Waals surface area contributed by atoms with E-state index in [9.17, 15) is 9.59 Å². The second-order valence-corrected chi connectivity index (χ2v) is 11.1. The Morgan fingerprint density at radius 1 is 0.703 bits per heavy atom. The van der Waals surface area contributed by atoms with E-state index in [2.05, 4.69) is 20.4 Å². The SMILES string of the molecule is O=C(c1ccc2c(c1)[nH]c1ccc(Cl)cc12)N1CC2C(C1)[C@@H]1CN(C(=O)c3ccc4n[nH]nc4c3)C[C@H]21. The Balaban J connectivity index is 0.977. The standard InChI is InChI=1S/C28H23ClN6O2/c29-16-3-6-23-18(9-16)17-4-1-14(7-25(17)30-23)27(36)34-10-19-20(11-34)22-13-35(12-21(19)22)28(37)15-2-5-24-26(8-15)32-33-31-24/h1-9,19-22,30H,10-13H2,(H,31,32,33)/t19?,20?,21-,22+. The topological polar surface area (TPSA) is 98.0 Å². The molecule has 9 heteroatoms. The molecule has 3 aromatic carbocycles. The minimum absolute atomic E-state index is 0.0539. The van der Waals surface area contributed by atoms with Gasteiger partial charge in [-0.2, -0.15) is 15.4 Å². The molecule has 2 aromatic heterocycles. The van der Waals surface area contributed by atoms with Crippen molar-refractivity contribution in [3.8, 4) is 0 Å². The van der Waals surface area contributed by atoms with Gasteiger partial charge in [-0.25, -0.2) is 0 Å². The number of likely N-dealkylation sites (tertiary alicyclic amines) is 2. The van der Waals surface area contributed by atoms with E-state index >= 15 is 0 Å². The summed E-state index contributed by atoms with van der Waals surface area (Å²) in [5, 5.41) is 13.6. The van der Waals surface area contributed by atoms with E-state index in [1.54, 1.807) is 6.07 Å². The summed E-state index contributed by atoms with van der Waals surface area (Å²) in [6.45, 7) is 3.04. The first-order valence-corrected chi connectivity index (χ1v) is 13.0. The van der Waals surface area contributed by atoms with E-state index in [1.165, 1.54) is 0 Å². The molecule has 4 heterocycles. The largest absolute Gasteiger partial charge is 0.354 e. The summed E-state index contributed by atoms with van der Waals surface area (Å²) in [5.41, 5.74) is 4.77. The molecule has 0 spiro atoms.